The topological polar surface area (TPSA) is 410 Å². The van der Waals surface area contributed by atoms with Crippen LogP contribution in [-0.2, 0) is 49.7 Å². The molecular weight excluding hydrogens is 762 g/mol. The van der Waals surface area contributed by atoms with Crippen molar-refractivity contribution < 1.29 is 89.7 Å². The van der Waals surface area contributed by atoms with E-state index in [1.54, 1.807) is 0 Å². The Kier molecular flexibility index (Phi) is 11.9. The molecule has 0 bridgehead atoms. The minimum Gasteiger partial charge on any atom is -0.387 e. The Morgan fingerprint density at radius 1 is 0.714 bits per heavy atom. The van der Waals surface area contributed by atoms with E-state index in [0.717, 1.165) is 24.5 Å². The molecule has 2 aromatic heterocycles. The van der Waals surface area contributed by atoms with Crippen LogP contribution in [0.25, 0.3) is 0 Å². The summed E-state index contributed by atoms with van der Waals surface area (Å²) in [5.74, 6) is -0.187. The van der Waals surface area contributed by atoms with Gasteiger partial charge in [-0.15, -0.1) is 0 Å². The quantitative estimate of drug-likeness (QED) is 0.0818. The van der Waals surface area contributed by atoms with Crippen molar-refractivity contribution in [1.82, 2.24) is 19.1 Å². The second-order valence-corrected chi connectivity index (χ2v) is 16.1. The first-order valence-electron chi connectivity index (χ1n) is 12.9. The summed E-state index contributed by atoms with van der Waals surface area (Å²) >= 11 is 0. The Morgan fingerprint density at radius 3 is 1.59 bits per heavy atom. The first kappa shape index (κ1) is 39.5. The number of nitrogens with zero attached hydrogens (tertiary/aromatic N) is 3. The number of hydrogen-bond acceptors (Lipinski definition) is 20. The lowest BCUT2D eigenvalue weighted by Crippen LogP contribution is -2.37. The number of aliphatic hydroxyl groups is 4. The van der Waals surface area contributed by atoms with Crippen LogP contribution in [0.5, 0.6) is 0 Å². The zero-order valence-corrected chi connectivity index (χ0v) is 27.4. The average molecular weight is 789 g/mol. The summed E-state index contributed by atoms with van der Waals surface area (Å²) in [4.78, 5) is 79.5. The Labute approximate surface area is 270 Å². The van der Waals surface area contributed by atoms with Gasteiger partial charge in [0.05, 0.1) is 13.2 Å². The first-order valence-corrected chi connectivity index (χ1v) is 18.9. The second-order valence-electron chi connectivity index (χ2n) is 9.86. The van der Waals surface area contributed by atoms with Crippen LogP contribution in [0.2, 0.25) is 0 Å². The predicted octanol–water partition coefficient (Wildman–Crippen LogP) is -3.90. The van der Waals surface area contributed by atoms with Gasteiger partial charge in [0, 0.05) is 18.5 Å². The van der Waals surface area contributed by atoms with E-state index in [-0.39, 0.29) is 5.82 Å². The fraction of sp³-hybridized carbons (Fsp3) is 0.556. The van der Waals surface area contributed by atoms with Crippen LogP contribution in [0, 0.1) is 0 Å². The molecule has 0 amide bonds. The number of ether oxygens (including phenoxy) is 2. The highest BCUT2D eigenvalue weighted by molar-refractivity contribution is 7.69. The van der Waals surface area contributed by atoms with Crippen LogP contribution < -0.4 is 22.7 Å². The van der Waals surface area contributed by atoms with Crippen molar-refractivity contribution in [3.63, 3.8) is 0 Å². The number of phosphoric acid groups is 4. The largest absolute Gasteiger partial charge is 0.490 e. The van der Waals surface area contributed by atoms with Gasteiger partial charge in [0.15, 0.2) is 12.5 Å². The number of nitrogen functional groups attached to an aromatic ring is 1. The third-order valence-corrected chi connectivity index (χ3v) is 12.3. The lowest BCUT2D eigenvalue weighted by Gasteiger charge is -2.21. The number of phosphoric ester groups is 2. The summed E-state index contributed by atoms with van der Waals surface area (Å²) in [5, 5.41) is 40.8. The fourth-order valence-electron chi connectivity index (χ4n) is 4.24. The van der Waals surface area contributed by atoms with E-state index >= 15 is 0 Å². The van der Waals surface area contributed by atoms with Crippen molar-refractivity contribution in [1.29, 1.82) is 0 Å². The number of anilines is 1. The first-order chi connectivity index (χ1) is 22.5. The molecule has 0 saturated carbocycles. The molecule has 4 unspecified atom stereocenters. The molecule has 0 spiro atoms. The standard InChI is InChI=1S/C18H27N5O22P4/c19-9-1-3-22(17(29)20-9)15-13(27)11(25)7(41-15)5-39-46(31,32)43-48(35,36)45-49(37,38)44-47(33,34)40-6-8-12(26)14(28)16(42-8)23-4-2-10(24)21-18(23)30/h1-4,7-8,11-16,25-28H,5-6H2,(H,31,32)(H,33,34)(H,35,36)(H,37,38)(H2,19,20,29)(H,21,24,30)/t7-,8+,11-,12+,13-,14+,15-,16+/m1/s1. The normalized spacial score (nSPS) is 32.2. The van der Waals surface area contributed by atoms with Gasteiger partial charge in [0.25, 0.3) is 5.56 Å². The summed E-state index contributed by atoms with van der Waals surface area (Å²) in [6, 6.07) is 2.01. The third kappa shape index (κ3) is 9.93. The van der Waals surface area contributed by atoms with Crippen molar-refractivity contribution >= 4 is 37.1 Å². The van der Waals surface area contributed by atoms with E-state index in [2.05, 4.69) is 27.0 Å². The van der Waals surface area contributed by atoms with Crippen LogP contribution >= 0.6 is 31.3 Å². The van der Waals surface area contributed by atoms with Crippen molar-refractivity contribution in [2.45, 2.75) is 49.1 Å². The Balaban J connectivity index is 1.30. The fourth-order valence-corrected chi connectivity index (χ4v) is 9.20. The zero-order chi connectivity index (χ0) is 36.7. The minimum absolute atomic E-state index is 0.187. The van der Waals surface area contributed by atoms with Crippen molar-refractivity contribution in [2.75, 3.05) is 18.9 Å². The van der Waals surface area contributed by atoms with Gasteiger partial charge in [-0.1, -0.05) is 0 Å². The summed E-state index contributed by atoms with van der Waals surface area (Å²) < 4.78 is 80.7. The minimum atomic E-state index is -6.23. The average Bonchev–Trinajstić information content (AvgIpc) is 3.38. The predicted molar refractivity (Wildman–Crippen MR) is 151 cm³/mol. The van der Waals surface area contributed by atoms with Gasteiger partial charge in [-0.25, -0.2) is 27.8 Å². The van der Waals surface area contributed by atoms with Gasteiger partial charge in [0.1, 0.15) is 42.4 Å². The molecule has 2 fully saturated rings. The van der Waals surface area contributed by atoms with Crippen LogP contribution in [0.15, 0.2) is 38.9 Å². The van der Waals surface area contributed by atoms with Gasteiger partial charge >= 0.3 is 42.7 Å². The van der Waals surface area contributed by atoms with E-state index in [1.807, 2.05) is 4.98 Å². The maximum Gasteiger partial charge on any atom is 0.490 e. The Hall–Kier alpha value is -2.32. The Bertz CT molecular complexity index is 1900. The highest BCUT2D eigenvalue weighted by atomic mass is 31.3. The zero-order valence-electron chi connectivity index (χ0n) is 23.8. The molecule has 2 saturated heterocycles. The van der Waals surface area contributed by atoms with E-state index in [0.29, 0.717) is 9.13 Å². The van der Waals surface area contributed by atoms with Crippen LogP contribution in [0.1, 0.15) is 12.5 Å². The number of rotatable bonds is 14. The van der Waals surface area contributed by atoms with Gasteiger partial charge in [-0.3, -0.25) is 28.0 Å². The smallest absolute Gasteiger partial charge is 0.387 e. The molecule has 31 heteroatoms. The number of aromatic amines is 1. The van der Waals surface area contributed by atoms with Crippen molar-refractivity contribution in [2.24, 2.45) is 0 Å². The number of hydrogen-bond donors (Lipinski definition) is 10. The molecule has 0 aromatic carbocycles. The highest BCUT2D eigenvalue weighted by Gasteiger charge is 2.50. The monoisotopic (exact) mass is 789 g/mol. The summed E-state index contributed by atoms with van der Waals surface area (Å²) in [5.41, 5.74) is 2.47. The van der Waals surface area contributed by atoms with Crippen LogP contribution in [0.4, 0.5) is 5.82 Å². The number of aromatic nitrogens is 4. The molecule has 2 aliphatic heterocycles. The molecular formula is C18H27N5O22P4. The van der Waals surface area contributed by atoms with E-state index < -0.39 is 111 Å². The molecule has 27 nitrogen and oxygen atoms in total. The van der Waals surface area contributed by atoms with Crippen LogP contribution in [-0.4, -0.2) is 109 Å². The van der Waals surface area contributed by atoms with Crippen molar-refractivity contribution in [3.05, 3.63) is 55.8 Å². The summed E-state index contributed by atoms with van der Waals surface area (Å²) in [6.07, 6.45) is -12.3. The van der Waals surface area contributed by atoms with Gasteiger partial charge in [0.2, 0.25) is 0 Å². The number of aliphatic hydroxyl groups excluding tert-OH is 4. The van der Waals surface area contributed by atoms with E-state index in [9.17, 15) is 72.6 Å². The molecule has 4 heterocycles. The molecule has 276 valence electrons. The third-order valence-electron chi connectivity index (χ3n) is 6.35. The highest BCUT2D eigenvalue weighted by Crippen LogP contribution is 2.71. The van der Waals surface area contributed by atoms with Crippen molar-refractivity contribution in [3.8, 4) is 0 Å². The number of nitrogens with two attached hydrogens (primary N) is 1. The number of H-pyrrole nitrogens is 1. The van der Waals surface area contributed by atoms with E-state index in [1.165, 1.54) is 0 Å². The molecule has 2 aromatic rings. The molecule has 11 N–H and O–H groups in total. The molecule has 0 radical (unpaired) electrons. The van der Waals surface area contributed by atoms with E-state index in [4.69, 9.17) is 15.2 Å². The number of nitrogens with one attached hydrogen (secondary N) is 1. The molecule has 2 aliphatic rings. The SMILES string of the molecule is Nc1ccn([C@@H]2O[C@H](COP(=O)(O)OP(=O)(O)OP(=O)(O)OP(=O)(O)OC[C@@H]3O[C@H](n4ccc(=O)[nH]c4=O)[C@@H](O)[C@H]3O)[C@@H](O)[C@H]2O)c(=O)n1. The Morgan fingerprint density at radius 2 is 1.14 bits per heavy atom. The summed E-state index contributed by atoms with van der Waals surface area (Å²) in [7, 11) is -24.1. The maximum absolute atomic E-state index is 12.2. The molecule has 0 aliphatic carbocycles. The maximum atomic E-state index is 12.2. The summed E-state index contributed by atoms with van der Waals surface area (Å²) in [6.45, 7) is -2.39. The van der Waals surface area contributed by atoms with Crippen LogP contribution in [0.3, 0.4) is 0 Å². The molecule has 4 rings (SSSR count). The second kappa shape index (κ2) is 14.7. The van der Waals surface area contributed by atoms with Gasteiger partial charge in [-0.05, 0) is 6.07 Å². The van der Waals surface area contributed by atoms with Gasteiger partial charge < -0.3 is 55.2 Å². The lowest BCUT2D eigenvalue weighted by atomic mass is 10.1. The lowest BCUT2D eigenvalue weighted by molar-refractivity contribution is -0.0543. The molecule has 49 heavy (non-hydrogen) atoms. The molecule has 12 atom stereocenters. The van der Waals surface area contributed by atoms with Gasteiger partial charge in [-0.2, -0.15) is 17.9 Å².